The fourth-order valence-electron chi connectivity index (χ4n) is 3.30. The number of Topliss-reactive ketones (excluding diaryl/α,β-unsaturated/α-hetero) is 1. The molecule has 1 aliphatic rings. The molecule has 0 radical (unpaired) electrons. The van der Waals surface area contributed by atoms with E-state index in [0.717, 1.165) is 12.5 Å². The summed E-state index contributed by atoms with van der Waals surface area (Å²) in [5.74, 6) is -0.103. The smallest absolute Gasteiger partial charge is 0.136 e. The van der Waals surface area contributed by atoms with Crippen molar-refractivity contribution in [3.63, 3.8) is 0 Å². The number of ketones is 1. The van der Waals surface area contributed by atoms with E-state index in [2.05, 4.69) is 20.8 Å². The monoisotopic (exact) mass is 322 g/mol. The summed E-state index contributed by atoms with van der Waals surface area (Å²) in [6.45, 7) is 6.23. The summed E-state index contributed by atoms with van der Waals surface area (Å²) in [5.41, 5.74) is 0.629. The van der Waals surface area contributed by atoms with Crippen molar-refractivity contribution in [1.82, 2.24) is 0 Å². The molecule has 1 fully saturated rings. The van der Waals surface area contributed by atoms with Gasteiger partial charge in [0.1, 0.15) is 17.4 Å². The van der Waals surface area contributed by atoms with Crippen LogP contribution >= 0.6 is 0 Å². The highest BCUT2D eigenvalue weighted by molar-refractivity contribution is 5.81. The topological polar surface area (TPSA) is 17.1 Å². The molecule has 0 spiro atoms. The molecule has 1 aromatic carbocycles. The van der Waals surface area contributed by atoms with Gasteiger partial charge in [0.05, 0.1) is 0 Å². The zero-order chi connectivity index (χ0) is 17.0. The Labute approximate surface area is 138 Å². The molecule has 1 nitrogen and oxygen atoms in total. The molecule has 1 unspecified atom stereocenters. The van der Waals surface area contributed by atoms with Crippen molar-refractivity contribution in [2.24, 2.45) is 17.3 Å². The maximum Gasteiger partial charge on any atom is 0.136 e. The van der Waals surface area contributed by atoms with Gasteiger partial charge in [0.25, 0.3) is 0 Å². The van der Waals surface area contributed by atoms with Gasteiger partial charge in [-0.25, -0.2) is 8.78 Å². The molecule has 0 bridgehead atoms. The largest absolute Gasteiger partial charge is 0.299 e. The van der Waals surface area contributed by atoms with Crippen LogP contribution in [0.25, 0.3) is 0 Å². The van der Waals surface area contributed by atoms with Crippen molar-refractivity contribution in [2.45, 2.75) is 65.7 Å². The third-order valence-electron chi connectivity index (χ3n) is 4.71. The van der Waals surface area contributed by atoms with E-state index in [1.807, 2.05) is 0 Å². The molecule has 0 amide bonds. The average Bonchev–Trinajstić information content (AvgIpc) is 2.33. The fourth-order valence-corrected chi connectivity index (χ4v) is 3.30. The van der Waals surface area contributed by atoms with Crippen LogP contribution in [0.4, 0.5) is 8.78 Å². The lowest BCUT2D eigenvalue weighted by Gasteiger charge is -2.30. The van der Waals surface area contributed by atoms with E-state index >= 15 is 0 Å². The minimum atomic E-state index is -0.545. The van der Waals surface area contributed by atoms with Crippen LogP contribution in [-0.2, 0) is 11.2 Å². The molecule has 0 aliphatic heterocycles. The molecule has 1 atom stereocenters. The highest BCUT2D eigenvalue weighted by Gasteiger charge is 2.28. The van der Waals surface area contributed by atoms with Gasteiger partial charge in [-0.1, -0.05) is 40.0 Å². The van der Waals surface area contributed by atoms with E-state index < -0.39 is 11.6 Å². The first-order valence-corrected chi connectivity index (χ1v) is 8.70. The second-order valence-electron chi connectivity index (χ2n) is 8.25. The molecule has 0 heterocycles. The zero-order valence-corrected chi connectivity index (χ0v) is 14.5. The number of halogens is 2. The van der Waals surface area contributed by atoms with Crippen molar-refractivity contribution >= 4 is 5.78 Å². The summed E-state index contributed by atoms with van der Waals surface area (Å²) in [6, 6.07) is 3.63. The Bertz CT molecular complexity index is 521. The number of benzene rings is 1. The molecular formula is C20H28F2O. The van der Waals surface area contributed by atoms with E-state index in [1.54, 1.807) is 0 Å². The SMILES string of the molecule is CC(C)(C)CC(=O)C(CCc1cc(F)cc(F)c1)CC1CCC1. The number of carbonyl (C=O) groups is 1. The number of carbonyl (C=O) groups excluding carboxylic acids is 1. The maximum atomic E-state index is 13.3. The van der Waals surface area contributed by atoms with E-state index in [1.165, 1.54) is 31.4 Å². The minimum absolute atomic E-state index is 0.0140. The van der Waals surface area contributed by atoms with Crippen molar-refractivity contribution in [3.05, 3.63) is 35.4 Å². The first kappa shape index (κ1) is 18.1. The van der Waals surface area contributed by atoms with Gasteiger partial charge >= 0.3 is 0 Å². The Morgan fingerprint density at radius 3 is 2.26 bits per heavy atom. The van der Waals surface area contributed by atoms with Crippen LogP contribution in [0.3, 0.4) is 0 Å². The Morgan fingerprint density at radius 2 is 1.78 bits per heavy atom. The van der Waals surface area contributed by atoms with Crippen LogP contribution in [0.15, 0.2) is 18.2 Å². The summed E-state index contributed by atoms with van der Waals surface area (Å²) >= 11 is 0. The highest BCUT2D eigenvalue weighted by Crippen LogP contribution is 2.35. The average molecular weight is 322 g/mol. The molecule has 0 saturated heterocycles. The van der Waals surface area contributed by atoms with E-state index in [4.69, 9.17) is 0 Å². The van der Waals surface area contributed by atoms with Crippen molar-refractivity contribution in [3.8, 4) is 0 Å². The molecule has 0 aromatic heterocycles. The van der Waals surface area contributed by atoms with Crippen molar-refractivity contribution in [1.29, 1.82) is 0 Å². The molecule has 2 rings (SSSR count). The van der Waals surface area contributed by atoms with Gasteiger partial charge in [0.15, 0.2) is 0 Å². The number of rotatable bonds is 7. The van der Waals surface area contributed by atoms with Gasteiger partial charge in [-0.2, -0.15) is 0 Å². The molecular weight excluding hydrogens is 294 g/mol. The summed E-state index contributed by atoms with van der Waals surface area (Å²) in [6.07, 6.45) is 6.45. The third-order valence-corrected chi connectivity index (χ3v) is 4.71. The van der Waals surface area contributed by atoms with Crippen LogP contribution in [0.1, 0.15) is 64.9 Å². The van der Waals surface area contributed by atoms with Gasteiger partial charge in [-0.15, -0.1) is 0 Å². The molecule has 1 aliphatic carbocycles. The normalized spacial score (nSPS) is 16.9. The summed E-state index contributed by atoms with van der Waals surface area (Å²) in [4.78, 5) is 12.6. The number of hydrogen-bond acceptors (Lipinski definition) is 1. The standard InChI is InChI=1S/C20H28F2O/c1-20(2,3)13-19(23)16(9-14-5-4-6-14)8-7-15-10-17(21)12-18(22)11-15/h10-12,14,16H,4-9,13H2,1-3H3. The second kappa shape index (κ2) is 7.55. The fraction of sp³-hybridized carbons (Fsp3) is 0.650. The molecule has 0 N–H and O–H groups in total. The predicted molar refractivity (Wildman–Crippen MR) is 89.2 cm³/mol. The van der Waals surface area contributed by atoms with Gasteiger partial charge in [-0.05, 0) is 48.3 Å². The summed E-state index contributed by atoms with van der Waals surface area (Å²) < 4.78 is 26.6. The predicted octanol–water partition coefficient (Wildman–Crippen LogP) is 5.71. The van der Waals surface area contributed by atoms with Gasteiger partial charge in [-0.3, -0.25) is 4.79 Å². The first-order valence-electron chi connectivity index (χ1n) is 8.70. The molecule has 128 valence electrons. The third kappa shape index (κ3) is 6.04. The minimum Gasteiger partial charge on any atom is -0.299 e. The van der Waals surface area contributed by atoms with E-state index in [0.29, 0.717) is 36.5 Å². The van der Waals surface area contributed by atoms with Gasteiger partial charge in [0, 0.05) is 18.4 Å². The Balaban J connectivity index is 1.99. The van der Waals surface area contributed by atoms with Crippen LogP contribution in [0.5, 0.6) is 0 Å². The Morgan fingerprint density at radius 1 is 1.17 bits per heavy atom. The van der Waals surface area contributed by atoms with Crippen LogP contribution in [0, 0.1) is 28.9 Å². The first-order chi connectivity index (χ1) is 10.7. The lowest BCUT2D eigenvalue weighted by atomic mass is 9.74. The Hall–Kier alpha value is -1.25. The van der Waals surface area contributed by atoms with Crippen LogP contribution < -0.4 is 0 Å². The lowest BCUT2D eigenvalue weighted by molar-refractivity contribution is -0.125. The van der Waals surface area contributed by atoms with Gasteiger partial charge < -0.3 is 0 Å². The number of hydrogen-bond donors (Lipinski definition) is 0. The lowest BCUT2D eigenvalue weighted by Crippen LogP contribution is -2.26. The van der Waals surface area contributed by atoms with Gasteiger partial charge in [0.2, 0.25) is 0 Å². The quantitative estimate of drug-likeness (QED) is 0.628. The molecule has 1 aromatic rings. The highest BCUT2D eigenvalue weighted by atomic mass is 19.1. The summed E-state index contributed by atoms with van der Waals surface area (Å²) in [7, 11) is 0. The van der Waals surface area contributed by atoms with Crippen molar-refractivity contribution in [2.75, 3.05) is 0 Å². The molecule has 23 heavy (non-hydrogen) atoms. The summed E-state index contributed by atoms with van der Waals surface area (Å²) in [5, 5.41) is 0. The van der Waals surface area contributed by atoms with E-state index in [9.17, 15) is 13.6 Å². The number of aryl methyl sites for hydroxylation is 1. The van der Waals surface area contributed by atoms with Crippen LogP contribution in [0.2, 0.25) is 0 Å². The molecule has 1 saturated carbocycles. The van der Waals surface area contributed by atoms with Crippen molar-refractivity contribution < 1.29 is 13.6 Å². The second-order valence-corrected chi connectivity index (χ2v) is 8.25. The maximum absolute atomic E-state index is 13.3. The van der Waals surface area contributed by atoms with Crippen LogP contribution in [-0.4, -0.2) is 5.78 Å². The Kier molecular flexibility index (Phi) is 5.94. The molecule has 3 heteroatoms. The zero-order valence-electron chi connectivity index (χ0n) is 14.5. The van der Waals surface area contributed by atoms with E-state index in [-0.39, 0.29) is 11.3 Å².